The van der Waals surface area contributed by atoms with Gasteiger partial charge in [-0.3, -0.25) is 4.79 Å². The largest absolute Gasteiger partial charge is 0.456 e. The molecule has 1 aromatic carbocycles. The highest BCUT2D eigenvalue weighted by atomic mass is 19.4. The summed E-state index contributed by atoms with van der Waals surface area (Å²) in [5.41, 5.74) is -4.17. The summed E-state index contributed by atoms with van der Waals surface area (Å²) in [5.74, 6) is -8.57. The fourth-order valence-corrected chi connectivity index (χ4v) is 9.30. The van der Waals surface area contributed by atoms with Gasteiger partial charge in [0.05, 0.1) is 18.8 Å². The topological polar surface area (TPSA) is 96.2 Å². The molecule has 6 nitrogen and oxygen atoms in total. The monoisotopic (exact) mass is 628 g/mol. The minimum atomic E-state index is -5.93. The molecule has 4 fully saturated rings. The number of halogens is 5. The van der Waals surface area contributed by atoms with E-state index in [0.717, 1.165) is 11.1 Å². The van der Waals surface area contributed by atoms with Crippen molar-refractivity contribution in [3.8, 4) is 0 Å². The van der Waals surface area contributed by atoms with Crippen LogP contribution in [-0.4, -0.2) is 70.0 Å². The Hall–Kier alpha value is -1.92. The van der Waals surface area contributed by atoms with Crippen molar-refractivity contribution in [1.82, 2.24) is 0 Å². The number of benzene rings is 1. The zero-order chi connectivity index (χ0) is 32.1. The number of hydrogen-bond acceptors (Lipinski definition) is 6. The molecule has 244 valence electrons. The fourth-order valence-electron chi connectivity index (χ4n) is 9.30. The molecule has 5 aliphatic rings. The first-order valence-electron chi connectivity index (χ1n) is 15.5. The normalized spacial score (nSPS) is 38.2. The lowest BCUT2D eigenvalue weighted by Gasteiger charge is -2.59. The van der Waals surface area contributed by atoms with E-state index in [1.54, 1.807) is 12.1 Å². The molecule has 1 aromatic rings. The summed E-state index contributed by atoms with van der Waals surface area (Å²) in [6.07, 6.45) is -5.13. The quantitative estimate of drug-likeness (QED) is 0.213. The van der Waals surface area contributed by atoms with Gasteiger partial charge in [0.1, 0.15) is 12.2 Å². The number of aliphatic hydroxyl groups excluding tert-OH is 1. The van der Waals surface area contributed by atoms with Crippen molar-refractivity contribution in [1.29, 1.82) is 0 Å². The molecule has 6 rings (SSSR count). The SMILES string of the molecule is CC1(C)COC2(CCC3=C4[C@@H](CC[C@@]3(O)C2)[C@@H]2CC[C@@](O)(C(F)(F)C(F)(F)F)[C@@]2(C)C[C@@H]4c2ccc(C(=O)CO)cc2)OC1. The van der Waals surface area contributed by atoms with Crippen LogP contribution in [0, 0.1) is 22.7 Å². The van der Waals surface area contributed by atoms with Crippen LogP contribution in [0.2, 0.25) is 0 Å². The second kappa shape index (κ2) is 10.0. The van der Waals surface area contributed by atoms with Crippen LogP contribution in [0.15, 0.2) is 35.4 Å². The van der Waals surface area contributed by atoms with Gasteiger partial charge >= 0.3 is 12.1 Å². The van der Waals surface area contributed by atoms with Gasteiger partial charge in [-0.1, -0.05) is 50.6 Å². The van der Waals surface area contributed by atoms with Crippen LogP contribution in [0.5, 0.6) is 0 Å². The van der Waals surface area contributed by atoms with Crippen LogP contribution >= 0.6 is 0 Å². The molecule has 0 bridgehead atoms. The molecule has 44 heavy (non-hydrogen) atoms. The van der Waals surface area contributed by atoms with E-state index in [0.29, 0.717) is 38.0 Å². The van der Waals surface area contributed by atoms with Crippen molar-refractivity contribution in [3.63, 3.8) is 0 Å². The highest BCUT2D eigenvalue weighted by Gasteiger charge is 2.79. The van der Waals surface area contributed by atoms with Crippen LogP contribution < -0.4 is 0 Å². The highest BCUT2D eigenvalue weighted by Crippen LogP contribution is 2.71. The van der Waals surface area contributed by atoms with E-state index in [9.17, 15) is 33.3 Å². The lowest BCUT2D eigenvalue weighted by Crippen LogP contribution is -2.65. The molecular formula is C33H41F5O6. The number of hydrogen-bond donors (Lipinski definition) is 3. The van der Waals surface area contributed by atoms with Gasteiger partial charge in [0.25, 0.3) is 0 Å². The third kappa shape index (κ3) is 4.54. The van der Waals surface area contributed by atoms with Crippen molar-refractivity contribution >= 4 is 5.78 Å². The van der Waals surface area contributed by atoms with E-state index in [2.05, 4.69) is 0 Å². The van der Waals surface area contributed by atoms with E-state index in [4.69, 9.17) is 9.47 Å². The number of rotatable bonds is 4. The molecule has 1 heterocycles. The highest BCUT2D eigenvalue weighted by molar-refractivity contribution is 5.96. The maximum atomic E-state index is 15.2. The number of alkyl halides is 5. The first kappa shape index (κ1) is 32.0. The van der Waals surface area contributed by atoms with E-state index in [1.807, 2.05) is 13.8 Å². The summed E-state index contributed by atoms with van der Waals surface area (Å²) < 4.78 is 84.4. The molecular weight excluding hydrogens is 587 g/mol. The third-order valence-corrected chi connectivity index (χ3v) is 11.7. The summed E-state index contributed by atoms with van der Waals surface area (Å²) >= 11 is 0. The zero-order valence-electron chi connectivity index (χ0n) is 25.3. The van der Waals surface area contributed by atoms with Gasteiger partial charge in [0.2, 0.25) is 0 Å². The smallest absolute Gasteiger partial charge is 0.388 e. The molecule has 1 aliphatic heterocycles. The average Bonchev–Trinajstić information content (AvgIpc) is 3.24. The Kier molecular flexibility index (Phi) is 7.31. The fraction of sp³-hybridized carbons (Fsp3) is 0.727. The van der Waals surface area contributed by atoms with E-state index in [1.165, 1.54) is 19.1 Å². The number of Topliss-reactive ketones (excluding diaryl/α,β-unsaturated/α-hetero) is 1. The number of ether oxygens (including phenoxy) is 2. The number of allylic oxidation sites excluding steroid dienone is 1. The maximum absolute atomic E-state index is 15.2. The first-order valence-corrected chi connectivity index (χ1v) is 15.5. The summed E-state index contributed by atoms with van der Waals surface area (Å²) in [6, 6.07) is 6.27. The van der Waals surface area contributed by atoms with Gasteiger partial charge in [-0.2, -0.15) is 22.0 Å². The molecule has 1 spiro atoms. The number of fused-ring (bicyclic) bond motifs is 4. The van der Waals surface area contributed by atoms with E-state index in [-0.39, 0.29) is 36.7 Å². The second-order valence-electron chi connectivity index (χ2n) is 14.9. The predicted octanol–water partition coefficient (Wildman–Crippen LogP) is 6.08. The van der Waals surface area contributed by atoms with Crippen LogP contribution in [0.25, 0.3) is 0 Å². The third-order valence-electron chi connectivity index (χ3n) is 11.7. The van der Waals surface area contributed by atoms with E-state index >= 15 is 8.78 Å². The Labute approximate surface area is 253 Å². The summed E-state index contributed by atoms with van der Waals surface area (Å²) in [6.45, 7) is 5.66. The predicted molar refractivity (Wildman–Crippen MR) is 149 cm³/mol. The first-order chi connectivity index (χ1) is 20.3. The van der Waals surface area contributed by atoms with Gasteiger partial charge in [-0.15, -0.1) is 0 Å². The number of ketones is 1. The molecule has 3 saturated carbocycles. The van der Waals surface area contributed by atoms with Crippen molar-refractivity contribution < 1.29 is 51.5 Å². The van der Waals surface area contributed by atoms with Crippen LogP contribution in [0.1, 0.15) is 94.0 Å². The number of carbonyl (C=O) groups is 1. The number of aliphatic hydroxyl groups is 3. The van der Waals surface area contributed by atoms with Crippen molar-refractivity contribution in [2.24, 2.45) is 22.7 Å². The van der Waals surface area contributed by atoms with Crippen LogP contribution in [-0.2, 0) is 9.47 Å². The molecule has 4 aliphatic carbocycles. The Morgan fingerprint density at radius 2 is 1.59 bits per heavy atom. The average molecular weight is 629 g/mol. The van der Waals surface area contributed by atoms with E-state index < -0.39 is 71.1 Å². The Balaban J connectivity index is 1.46. The standard InChI is InChI=1S/C33H41F5O6/c1-27(2)17-43-30(44-18-27)12-9-24-26-21(8-11-29(24,41)16-30)23-10-13-31(42,32(34,35)33(36,37)38)28(23,3)14-22(26)19-4-6-20(7-5-19)25(40)15-39/h4-7,21-23,39,41-42H,8-18H2,1-3H3/t21-,22+,23-,28-,29+,31-/m0/s1. The Morgan fingerprint density at radius 1 is 0.955 bits per heavy atom. The van der Waals surface area contributed by atoms with Crippen molar-refractivity contribution in [3.05, 3.63) is 46.5 Å². The lowest BCUT2D eigenvalue weighted by molar-refractivity contribution is -0.362. The maximum Gasteiger partial charge on any atom is 0.456 e. The van der Waals surface area contributed by atoms with Gasteiger partial charge < -0.3 is 24.8 Å². The Bertz CT molecular complexity index is 1350. The molecule has 0 amide bonds. The van der Waals surface area contributed by atoms with Gasteiger partial charge in [-0.05, 0) is 61.5 Å². The summed E-state index contributed by atoms with van der Waals surface area (Å²) in [5, 5.41) is 33.0. The van der Waals surface area contributed by atoms with Gasteiger partial charge in [0.15, 0.2) is 11.6 Å². The molecule has 11 heteroatoms. The van der Waals surface area contributed by atoms with Crippen molar-refractivity contribution in [2.75, 3.05) is 19.8 Å². The minimum Gasteiger partial charge on any atom is -0.388 e. The molecule has 1 saturated heterocycles. The number of carbonyl (C=O) groups excluding carboxylic acids is 1. The molecule has 6 atom stereocenters. The van der Waals surface area contributed by atoms with Crippen LogP contribution in [0.4, 0.5) is 22.0 Å². The molecule has 0 radical (unpaired) electrons. The van der Waals surface area contributed by atoms with Crippen molar-refractivity contribution in [2.45, 2.75) is 107 Å². The Morgan fingerprint density at radius 3 is 2.18 bits per heavy atom. The van der Waals surface area contributed by atoms with Gasteiger partial charge in [-0.25, -0.2) is 0 Å². The molecule has 0 unspecified atom stereocenters. The second-order valence-corrected chi connectivity index (χ2v) is 14.9. The molecule has 3 N–H and O–H groups in total. The summed E-state index contributed by atoms with van der Waals surface area (Å²) in [4.78, 5) is 12.1. The minimum absolute atomic E-state index is 0.000444. The summed E-state index contributed by atoms with van der Waals surface area (Å²) in [7, 11) is 0. The zero-order valence-corrected chi connectivity index (χ0v) is 25.3. The van der Waals surface area contributed by atoms with Crippen LogP contribution in [0.3, 0.4) is 0 Å². The molecule has 0 aromatic heterocycles. The van der Waals surface area contributed by atoms with Gasteiger partial charge in [0, 0.05) is 35.2 Å². The lowest BCUT2D eigenvalue weighted by atomic mass is 9.49.